The number of anilines is 2. The van der Waals surface area contributed by atoms with Gasteiger partial charge in [0, 0.05) is 24.8 Å². The Morgan fingerprint density at radius 2 is 2.15 bits per heavy atom. The summed E-state index contributed by atoms with van der Waals surface area (Å²) in [6.07, 6.45) is 5.08. The number of hydrogen-bond acceptors (Lipinski definition) is 5. The van der Waals surface area contributed by atoms with Crippen molar-refractivity contribution in [1.82, 2.24) is 9.97 Å². The van der Waals surface area contributed by atoms with Gasteiger partial charge in [-0.15, -0.1) is 6.42 Å². The number of halogens is 1. The maximum Gasteiger partial charge on any atom is 0.252 e. The van der Waals surface area contributed by atoms with Gasteiger partial charge in [-0.25, -0.2) is 9.37 Å². The molecule has 0 bridgehead atoms. The van der Waals surface area contributed by atoms with Gasteiger partial charge in [0.15, 0.2) is 0 Å². The average Bonchev–Trinajstić information content (AvgIpc) is 2.63. The van der Waals surface area contributed by atoms with E-state index in [-0.39, 0.29) is 23.4 Å². The molecule has 1 aliphatic heterocycles. The number of rotatable bonds is 4. The van der Waals surface area contributed by atoms with E-state index in [1.54, 1.807) is 0 Å². The van der Waals surface area contributed by atoms with Crippen LogP contribution >= 0.6 is 0 Å². The molecule has 1 aliphatic rings. The number of terminal acetylenes is 1. The number of hydrogen-bond donors (Lipinski definition) is 2. The van der Waals surface area contributed by atoms with Gasteiger partial charge in [0.05, 0.1) is 25.2 Å². The first kappa shape index (κ1) is 17.6. The second-order valence-corrected chi connectivity index (χ2v) is 5.71. The van der Waals surface area contributed by atoms with E-state index in [2.05, 4.69) is 21.2 Å². The van der Waals surface area contributed by atoms with Gasteiger partial charge in [-0.2, -0.15) is 0 Å². The lowest BCUT2D eigenvalue weighted by atomic mass is 10.2. The van der Waals surface area contributed by atoms with Gasteiger partial charge in [-0.05, 0) is 18.2 Å². The fourth-order valence-corrected chi connectivity index (χ4v) is 2.60. The molecule has 2 N–H and O–H groups in total. The van der Waals surface area contributed by atoms with Crippen LogP contribution in [-0.2, 0) is 16.0 Å². The molecule has 1 amide bonds. The number of amides is 1. The summed E-state index contributed by atoms with van der Waals surface area (Å²) in [5.74, 6) is 2.03. The first-order valence-corrected chi connectivity index (χ1v) is 8.04. The van der Waals surface area contributed by atoms with Crippen LogP contribution in [0.4, 0.5) is 15.9 Å². The maximum absolute atomic E-state index is 13.4. The maximum atomic E-state index is 13.4. The highest BCUT2D eigenvalue weighted by molar-refractivity contribution is 5.92. The zero-order chi connectivity index (χ0) is 18.5. The van der Waals surface area contributed by atoms with E-state index in [1.807, 2.05) is 4.90 Å². The number of carbonyl (C=O) groups is 1. The third-order valence-corrected chi connectivity index (χ3v) is 3.85. The summed E-state index contributed by atoms with van der Waals surface area (Å²) in [6.45, 7) is 2.39. The molecule has 0 saturated carbocycles. The van der Waals surface area contributed by atoms with Crippen LogP contribution in [0.1, 0.15) is 11.4 Å². The zero-order valence-electron chi connectivity index (χ0n) is 13.9. The number of aromatic nitrogens is 2. The Kier molecular flexibility index (Phi) is 5.29. The Morgan fingerprint density at radius 1 is 1.38 bits per heavy atom. The Labute approximate surface area is 149 Å². The molecular formula is C18H17FN4O3. The summed E-state index contributed by atoms with van der Waals surface area (Å²) < 4.78 is 18.7. The fourth-order valence-electron chi connectivity index (χ4n) is 2.60. The lowest BCUT2D eigenvalue weighted by molar-refractivity contribution is -0.115. The van der Waals surface area contributed by atoms with Gasteiger partial charge in [-0.1, -0.05) is 5.92 Å². The number of ether oxygens (including phenoxy) is 1. The smallest absolute Gasteiger partial charge is 0.252 e. The molecule has 134 valence electrons. The molecule has 0 unspecified atom stereocenters. The van der Waals surface area contributed by atoms with Crippen LogP contribution < -0.4 is 15.8 Å². The quantitative estimate of drug-likeness (QED) is 0.795. The fraction of sp³-hybridized carbons (Fsp3) is 0.278. The molecule has 1 fully saturated rings. The SMILES string of the molecule is C#Cc1cc(NC(=O)Cc2nc(N3CCOCC3)cc(=O)[nH]2)ccc1F. The number of nitrogens with zero attached hydrogens (tertiary/aromatic N) is 2. The minimum absolute atomic E-state index is 0.0589. The predicted molar refractivity (Wildman–Crippen MR) is 94.6 cm³/mol. The van der Waals surface area contributed by atoms with Crippen LogP contribution in [0.25, 0.3) is 0 Å². The second kappa shape index (κ2) is 7.80. The monoisotopic (exact) mass is 356 g/mol. The van der Waals surface area contributed by atoms with Crippen molar-refractivity contribution in [1.29, 1.82) is 0 Å². The number of aromatic amines is 1. The Morgan fingerprint density at radius 3 is 2.88 bits per heavy atom. The van der Waals surface area contributed by atoms with Crippen molar-refractivity contribution in [2.45, 2.75) is 6.42 Å². The van der Waals surface area contributed by atoms with Gasteiger partial charge in [0.25, 0.3) is 5.56 Å². The van der Waals surface area contributed by atoms with Gasteiger partial charge in [0.1, 0.15) is 17.5 Å². The molecule has 7 nitrogen and oxygen atoms in total. The van der Waals surface area contributed by atoms with Crippen molar-refractivity contribution in [3.05, 3.63) is 51.8 Å². The molecular weight excluding hydrogens is 339 g/mol. The number of nitrogens with one attached hydrogen (secondary N) is 2. The summed E-state index contributed by atoms with van der Waals surface area (Å²) in [7, 11) is 0. The van der Waals surface area contributed by atoms with E-state index in [1.165, 1.54) is 24.3 Å². The average molecular weight is 356 g/mol. The molecule has 8 heteroatoms. The topological polar surface area (TPSA) is 87.3 Å². The van der Waals surface area contributed by atoms with E-state index in [0.717, 1.165) is 0 Å². The van der Waals surface area contributed by atoms with Crippen molar-refractivity contribution in [2.24, 2.45) is 0 Å². The van der Waals surface area contributed by atoms with Gasteiger partial charge >= 0.3 is 0 Å². The molecule has 0 aliphatic carbocycles. The molecule has 1 aromatic carbocycles. The molecule has 0 radical (unpaired) electrons. The second-order valence-electron chi connectivity index (χ2n) is 5.71. The van der Waals surface area contributed by atoms with Crippen molar-refractivity contribution < 1.29 is 13.9 Å². The summed E-state index contributed by atoms with van der Waals surface area (Å²) in [4.78, 5) is 32.9. The van der Waals surface area contributed by atoms with Crippen molar-refractivity contribution in [2.75, 3.05) is 36.5 Å². The first-order valence-electron chi connectivity index (χ1n) is 8.04. The van der Waals surface area contributed by atoms with E-state index >= 15 is 0 Å². The molecule has 0 atom stereocenters. The lowest BCUT2D eigenvalue weighted by Crippen LogP contribution is -2.37. The highest BCUT2D eigenvalue weighted by Gasteiger charge is 2.15. The summed E-state index contributed by atoms with van der Waals surface area (Å²) in [6, 6.07) is 5.36. The van der Waals surface area contributed by atoms with E-state index in [4.69, 9.17) is 11.2 Å². The van der Waals surface area contributed by atoms with Gasteiger partial charge in [-0.3, -0.25) is 9.59 Å². The molecule has 1 saturated heterocycles. The number of morpholine rings is 1. The normalized spacial score (nSPS) is 13.9. The van der Waals surface area contributed by atoms with Crippen molar-refractivity contribution in [3.63, 3.8) is 0 Å². The zero-order valence-corrected chi connectivity index (χ0v) is 13.9. The van der Waals surface area contributed by atoms with Crippen LogP contribution in [-0.4, -0.2) is 42.2 Å². The molecule has 26 heavy (non-hydrogen) atoms. The summed E-state index contributed by atoms with van der Waals surface area (Å²) >= 11 is 0. The predicted octanol–water partition coefficient (Wildman–Crippen LogP) is 0.908. The van der Waals surface area contributed by atoms with Crippen LogP contribution in [0.2, 0.25) is 0 Å². The van der Waals surface area contributed by atoms with Crippen LogP contribution in [0, 0.1) is 18.2 Å². The van der Waals surface area contributed by atoms with Crippen LogP contribution in [0.15, 0.2) is 29.1 Å². The van der Waals surface area contributed by atoms with Crippen molar-refractivity contribution in [3.8, 4) is 12.3 Å². The Balaban J connectivity index is 1.72. The highest BCUT2D eigenvalue weighted by Crippen LogP contribution is 2.14. The standard InChI is InChI=1S/C18H17FN4O3/c1-2-12-9-13(3-4-14(12)19)20-17(24)10-15-21-16(11-18(25)22-15)23-5-7-26-8-6-23/h1,3-4,9,11H,5-8,10H2,(H,20,24)(H,21,22,25). The Bertz CT molecular complexity index is 913. The molecule has 1 aromatic heterocycles. The third-order valence-electron chi connectivity index (χ3n) is 3.85. The largest absolute Gasteiger partial charge is 0.378 e. The first-order chi connectivity index (χ1) is 12.5. The third kappa shape index (κ3) is 4.26. The highest BCUT2D eigenvalue weighted by atomic mass is 19.1. The molecule has 2 aromatic rings. The van der Waals surface area contributed by atoms with E-state index in [9.17, 15) is 14.0 Å². The number of H-pyrrole nitrogens is 1. The number of benzene rings is 1. The lowest BCUT2D eigenvalue weighted by Gasteiger charge is -2.27. The summed E-state index contributed by atoms with van der Waals surface area (Å²) in [5, 5.41) is 2.61. The molecule has 3 rings (SSSR count). The van der Waals surface area contributed by atoms with E-state index in [0.29, 0.717) is 37.8 Å². The van der Waals surface area contributed by atoms with Gasteiger partial charge < -0.3 is 19.9 Å². The summed E-state index contributed by atoms with van der Waals surface area (Å²) in [5.41, 5.74) is 0.0976. The van der Waals surface area contributed by atoms with Crippen LogP contribution in [0.3, 0.4) is 0 Å². The van der Waals surface area contributed by atoms with Crippen molar-refractivity contribution >= 4 is 17.4 Å². The number of carbonyl (C=O) groups excluding carboxylic acids is 1. The minimum Gasteiger partial charge on any atom is -0.378 e. The van der Waals surface area contributed by atoms with Crippen LogP contribution in [0.5, 0.6) is 0 Å². The van der Waals surface area contributed by atoms with E-state index < -0.39 is 11.7 Å². The molecule has 0 spiro atoms. The minimum atomic E-state index is -0.533. The van der Waals surface area contributed by atoms with Gasteiger partial charge in [0.2, 0.25) is 5.91 Å². The molecule has 2 heterocycles. The Hall–Kier alpha value is -3.18.